The fourth-order valence-corrected chi connectivity index (χ4v) is 1.90. The van der Waals surface area contributed by atoms with Gasteiger partial charge in [0.05, 0.1) is 23.0 Å². The number of halogens is 4. The van der Waals surface area contributed by atoms with Crippen LogP contribution in [0.4, 0.5) is 17.6 Å². The molecule has 0 unspecified atom stereocenters. The number of nitrogens with zero attached hydrogens (tertiary/aromatic N) is 1. The first kappa shape index (κ1) is 15.2. The largest absolute Gasteiger partial charge is 0.497 e. The molecule has 0 bridgehead atoms. The molecule has 1 saturated heterocycles. The second-order valence-electron chi connectivity index (χ2n) is 5.67. The van der Waals surface area contributed by atoms with Crippen LogP contribution in [-0.4, -0.2) is 23.3 Å². The van der Waals surface area contributed by atoms with E-state index in [1.165, 1.54) is 0 Å². The molecule has 20 heavy (non-hydrogen) atoms. The van der Waals surface area contributed by atoms with Crippen LogP contribution in [0.15, 0.2) is 12.4 Å². The molecule has 1 fully saturated rings. The average Bonchev–Trinajstić information content (AvgIpc) is 2.46. The number of pyridine rings is 1. The van der Waals surface area contributed by atoms with Gasteiger partial charge in [-0.15, -0.1) is 0 Å². The van der Waals surface area contributed by atoms with Crippen LogP contribution in [0, 0.1) is 5.82 Å². The molecule has 1 aliphatic heterocycles. The van der Waals surface area contributed by atoms with Crippen molar-refractivity contribution in [1.82, 2.24) is 4.98 Å². The van der Waals surface area contributed by atoms with Crippen LogP contribution >= 0.6 is 0 Å². The van der Waals surface area contributed by atoms with E-state index < -0.39 is 41.3 Å². The van der Waals surface area contributed by atoms with Gasteiger partial charge in [-0.2, -0.15) is 13.2 Å². The quantitative estimate of drug-likeness (QED) is 0.588. The van der Waals surface area contributed by atoms with E-state index in [1.807, 2.05) is 0 Å². The molecular formula is C12H14BF4NO2. The van der Waals surface area contributed by atoms with Crippen LogP contribution in [0.2, 0.25) is 0 Å². The lowest BCUT2D eigenvalue weighted by Gasteiger charge is -2.32. The van der Waals surface area contributed by atoms with Gasteiger partial charge in [-0.25, -0.2) is 4.39 Å². The van der Waals surface area contributed by atoms with Gasteiger partial charge in [-0.05, 0) is 27.7 Å². The summed E-state index contributed by atoms with van der Waals surface area (Å²) in [5.41, 5.74) is -3.47. The van der Waals surface area contributed by atoms with Gasteiger partial charge in [0, 0.05) is 11.7 Å². The Bertz CT molecular complexity index is 515. The second-order valence-corrected chi connectivity index (χ2v) is 5.67. The molecular weight excluding hydrogens is 277 g/mol. The van der Waals surface area contributed by atoms with Crippen LogP contribution < -0.4 is 5.46 Å². The highest BCUT2D eigenvalue weighted by Crippen LogP contribution is 2.38. The van der Waals surface area contributed by atoms with Gasteiger partial charge >= 0.3 is 13.3 Å². The van der Waals surface area contributed by atoms with Crippen molar-refractivity contribution in [3.8, 4) is 0 Å². The summed E-state index contributed by atoms with van der Waals surface area (Å²) in [6.45, 7) is 6.81. The second kappa shape index (κ2) is 4.43. The molecule has 0 saturated carbocycles. The van der Waals surface area contributed by atoms with E-state index in [0.29, 0.717) is 6.20 Å². The van der Waals surface area contributed by atoms with E-state index in [9.17, 15) is 17.6 Å². The van der Waals surface area contributed by atoms with Gasteiger partial charge in [0.25, 0.3) is 0 Å². The van der Waals surface area contributed by atoms with Crippen molar-refractivity contribution in [2.75, 3.05) is 0 Å². The summed E-state index contributed by atoms with van der Waals surface area (Å²) in [7, 11) is -1.31. The molecule has 1 aliphatic rings. The number of hydrogen-bond donors (Lipinski definition) is 0. The molecule has 110 valence electrons. The minimum atomic E-state index is -4.84. The van der Waals surface area contributed by atoms with E-state index in [4.69, 9.17) is 9.31 Å². The van der Waals surface area contributed by atoms with E-state index >= 15 is 0 Å². The SMILES string of the molecule is CC1(C)OB(c2cncc(F)c2C(F)(F)F)OC1(C)C. The molecule has 0 radical (unpaired) electrons. The summed E-state index contributed by atoms with van der Waals surface area (Å²) in [5, 5.41) is 0. The third-order valence-electron chi connectivity index (χ3n) is 3.72. The molecule has 2 rings (SSSR count). The number of alkyl halides is 3. The highest BCUT2D eigenvalue weighted by atomic mass is 19.4. The average molecular weight is 291 g/mol. The Kier molecular flexibility index (Phi) is 3.37. The maximum atomic E-state index is 13.5. The standard InChI is InChI=1S/C12H14BF4NO2/c1-10(2)11(3,4)20-13(19-10)7-5-18-6-8(14)9(7)12(15,16)17/h5-6H,1-4H3. The van der Waals surface area contributed by atoms with E-state index in [2.05, 4.69) is 4.98 Å². The Morgan fingerprint density at radius 2 is 1.55 bits per heavy atom. The first-order valence-corrected chi connectivity index (χ1v) is 6.02. The first-order valence-electron chi connectivity index (χ1n) is 6.02. The van der Waals surface area contributed by atoms with Crippen LogP contribution in [0.25, 0.3) is 0 Å². The normalized spacial score (nSPS) is 21.3. The molecule has 0 aliphatic carbocycles. The smallest absolute Gasteiger partial charge is 0.399 e. The minimum Gasteiger partial charge on any atom is -0.399 e. The number of hydrogen-bond acceptors (Lipinski definition) is 3. The molecule has 0 spiro atoms. The Balaban J connectivity index is 2.49. The zero-order valence-corrected chi connectivity index (χ0v) is 11.5. The lowest BCUT2D eigenvalue weighted by Crippen LogP contribution is -2.41. The van der Waals surface area contributed by atoms with Crippen molar-refractivity contribution in [2.24, 2.45) is 0 Å². The molecule has 2 heterocycles. The zero-order chi connectivity index (χ0) is 15.3. The molecule has 0 N–H and O–H groups in total. The van der Waals surface area contributed by atoms with Crippen molar-refractivity contribution in [3.05, 3.63) is 23.8 Å². The summed E-state index contributed by atoms with van der Waals surface area (Å²) in [4.78, 5) is 3.46. The predicted octanol–water partition coefficient (Wildman–Crippen LogP) is 2.54. The predicted molar refractivity (Wildman–Crippen MR) is 64.9 cm³/mol. The first-order chi connectivity index (χ1) is 8.96. The van der Waals surface area contributed by atoms with Crippen molar-refractivity contribution in [1.29, 1.82) is 0 Å². The van der Waals surface area contributed by atoms with E-state index in [0.717, 1.165) is 6.20 Å². The molecule has 0 atom stereocenters. The van der Waals surface area contributed by atoms with E-state index in [1.54, 1.807) is 27.7 Å². The Labute approximate surface area is 114 Å². The summed E-state index contributed by atoms with van der Waals surface area (Å²) >= 11 is 0. The van der Waals surface area contributed by atoms with Crippen LogP contribution in [-0.2, 0) is 15.5 Å². The molecule has 0 aromatic carbocycles. The number of rotatable bonds is 1. The Morgan fingerprint density at radius 3 is 2.00 bits per heavy atom. The highest BCUT2D eigenvalue weighted by molar-refractivity contribution is 6.62. The highest BCUT2D eigenvalue weighted by Gasteiger charge is 2.54. The molecule has 0 amide bonds. The van der Waals surface area contributed by atoms with Gasteiger partial charge in [0.2, 0.25) is 0 Å². The van der Waals surface area contributed by atoms with Crippen LogP contribution in [0.3, 0.4) is 0 Å². The number of aromatic nitrogens is 1. The van der Waals surface area contributed by atoms with Gasteiger partial charge in [-0.1, -0.05) is 0 Å². The lowest BCUT2D eigenvalue weighted by molar-refractivity contribution is -0.139. The Morgan fingerprint density at radius 1 is 1.05 bits per heavy atom. The lowest BCUT2D eigenvalue weighted by atomic mass is 9.77. The molecule has 3 nitrogen and oxygen atoms in total. The zero-order valence-electron chi connectivity index (χ0n) is 11.5. The summed E-state index contributed by atoms with van der Waals surface area (Å²) in [6.07, 6.45) is -3.39. The van der Waals surface area contributed by atoms with E-state index in [-0.39, 0.29) is 0 Å². The van der Waals surface area contributed by atoms with Crippen molar-refractivity contribution < 1.29 is 26.9 Å². The third-order valence-corrected chi connectivity index (χ3v) is 3.72. The fourth-order valence-electron chi connectivity index (χ4n) is 1.90. The Hall–Kier alpha value is -1.15. The summed E-state index contributed by atoms with van der Waals surface area (Å²) in [6, 6.07) is 0. The topological polar surface area (TPSA) is 31.4 Å². The van der Waals surface area contributed by atoms with Crippen molar-refractivity contribution >= 4 is 12.6 Å². The monoisotopic (exact) mass is 291 g/mol. The van der Waals surface area contributed by atoms with Gasteiger partial charge < -0.3 is 9.31 Å². The van der Waals surface area contributed by atoms with Crippen LogP contribution in [0.1, 0.15) is 33.3 Å². The maximum absolute atomic E-state index is 13.5. The van der Waals surface area contributed by atoms with Crippen molar-refractivity contribution in [3.63, 3.8) is 0 Å². The molecule has 1 aromatic heterocycles. The van der Waals surface area contributed by atoms with Gasteiger partial charge in [0.1, 0.15) is 0 Å². The minimum absolute atomic E-state index is 0.448. The summed E-state index contributed by atoms with van der Waals surface area (Å²) < 4.78 is 63.4. The molecule has 8 heteroatoms. The summed E-state index contributed by atoms with van der Waals surface area (Å²) in [5.74, 6) is -1.44. The van der Waals surface area contributed by atoms with Gasteiger partial charge in [-0.3, -0.25) is 4.98 Å². The maximum Gasteiger partial charge on any atom is 0.497 e. The molecule has 1 aromatic rings. The van der Waals surface area contributed by atoms with Gasteiger partial charge in [0.15, 0.2) is 5.82 Å². The third kappa shape index (κ3) is 2.42. The fraction of sp³-hybridized carbons (Fsp3) is 0.583. The van der Waals surface area contributed by atoms with Crippen molar-refractivity contribution in [2.45, 2.75) is 45.1 Å². The van der Waals surface area contributed by atoms with Crippen LogP contribution in [0.5, 0.6) is 0 Å².